The van der Waals surface area contributed by atoms with Crippen LogP contribution in [0.1, 0.15) is 42.2 Å². The number of aryl methyl sites for hydroxylation is 3. The Morgan fingerprint density at radius 1 is 1.32 bits per heavy atom. The summed E-state index contributed by atoms with van der Waals surface area (Å²) in [6, 6.07) is 4.03. The van der Waals surface area contributed by atoms with Crippen molar-refractivity contribution in [1.82, 2.24) is 19.7 Å². The summed E-state index contributed by atoms with van der Waals surface area (Å²) in [7, 11) is 0. The van der Waals surface area contributed by atoms with Crippen molar-refractivity contribution in [3.8, 4) is 5.82 Å². The van der Waals surface area contributed by atoms with E-state index in [1.807, 2.05) is 39.8 Å². The predicted octanol–water partition coefficient (Wildman–Crippen LogP) is 2.25. The van der Waals surface area contributed by atoms with Crippen molar-refractivity contribution in [3.05, 3.63) is 35.0 Å². The highest BCUT2D eigenvalue weighted by atomic mass is 16.5. The highest BCUT2D eigenvalue weighted by molar-refractivity contribution is 5.77. The number of carbonyl (C=O) groups excluding carboxylic acids is 1. The fourth-order valence-corrected chi connectivity index (χ4v) is 2.81. The van der Waals surface area contributed by atoms with E-state index >= 15 is 0 Å². The van der Waals surface area contributed by atoms with Crippen LogP contribution in [-0.2, 0) is 9.53 Å². The third-order valence-electron chi connectivity index (χ3n) is 3.86. The molecule has 0 aliphatic heterocycles. The zero-order valence-corrected chi connectivity index (χ0v) is 13.3. The second-order valence-corrected chi connectivity index (χ2v) is 5.72. The highest BCUT2D eigenvalue weighted by Gasteiger charge is 2.45. The van der Waals surface area contributed by atoms with E-state index in [1.54, 1.807) is 4.68 Å². The summed E-state index contributed by atoms with van der Waals surface area (Å²) in [6.07, 6.45) is 0.844. The van der Waals surface area contributed by atoms with E-state index < -0.39 is 0 Å². The van der Waals surface area contributed by atoms with Crippen LogP contribution >= 0.6 is 0 Å². The minimum atomic E-state index is -0.101. The summed E-state index contributed by atoms with van der Waals surface area (Å²) in [4.78, 5) is 20.7. The fourth-order valence-electron chi connectivity index (χ4n) is 2.81. The molecular formula is C16H20N4O2. The smallest absolute Gasteiger partial charge is 0.309 e. The van der Waals surface area contributed by atoms with E-state index in [4.69, 9.17) is 4.74 Å². The maximum Gasteiger partial charge on any atom is 0.309 e. The zero-order chi connectivity index (χ0) is 15.9. The molecule has 2 atom stereocenters. The Hall–Kier alpha value is -2.24. The molecular weight excluding hydrogens is 280 g/mol. The number of esters is 1. The molecule has 116 valence electrons. The number of ether oxygens (including phenoxy) is 1. The lowest BCUT2D eigenvalue weighted by atomic mass is 10.1. The molecule has 22 heavy (non-hydrogen) atoms. The first-order valence-corrected chi connectivity index (χ1v) is 7.55. The van der Waals surface area contributed by atoms with Crippen molar-refractivity contribution >= 4 is 5.97 Å². The van der Waals surface area contributed by atoms with E-state index in [0.29, 0.717) is 6.61 Å². The van der Waals surface area contributed by atoms with Crippen molar-refractivity contribution in [2.24, 2.45) is 5.92 Å². The molecule has 0 aromatic carbocycles. The predicted molar refractivity (Wildman–Crippen MR) is 80.8 cm³/mol. The molecule has 6 heteroatoms. The average molecular weight is 300 g/mol. The molecule has 0 spiro atoms. The Labute approximate surface area is 129 Å². The van der Waals surface area contributed by atoms with Crippen LogP contribution in [0.2, 0.25) is 0 Å². The number of rotatable bonds is 4. The van der Waals surface area contributed by atoms with Crippen molar-refractivity contribution in [2.45, 2.75) is 40.0 Å². The van der Waals surface area contributed by atoms with E-state index in [9.17, 15) is 4.79 Å². The van der Waals surface area contributed by atoms with Crippen LogP contribution < -0.4 is 0 Å². The number of pyridine rings is 1. The minimum Gasteiger partial charge on any atom is -0.466 e. The summed E-state index contributed by atoms with van der Waals surface area (Å²) in [5.41, 5.74) is 2.03. The molecule has 2 aromatic rings. The van der Waals surface area contributed by atoms with Crippen LogP contribution in [0.25, 0.3) is 5.82 Å². The maximum atomic E-state index is 11.8. The Bertz CT molecular complexity index is 723. The van der Waals surface area contributed by atoms with E-state index in [0.717, 1.165) is 35.1 Å². The molecule has 2 aromatic heterocycles. The van der Waals surface area contributed by atoms with Crippen LogP contribution in [0.3, 0.4) is 0 Å². The van der Waals surface area contributed by atoms with Crippen molar-refractivity contribution in [2.75, 3.05) is 6.61 Å². The largest absolute Gasteiger partial charge is 0.466 e. The van der Waals surface area contributed by atoms with Gasteiger partial charge in [0, 0.05) is 5.69 Å². The van der Waals surface area contributed by atoms with Gasteiger partial charge in [-0.2, -0.15) is 4.68 Å². The van der Waals surface area contributed by atoms with Crippen LogP contribution in [0, 0.1) is 26.7 Å². The lowest BCUT2D eigenvalue weighted by Crippen LogP contribution is -2.08. The third-order valence-corrected chi connectivity index (χ3v) is 3.86. The van der Waals surface area contributed by atoms with Gasteiger partial charge < -0.3 is 4.74 Å². The van der Waals surface area contributed by atoms with Gasteiger partial charge in [-0.05, 0) is 57.7 Å². The molecule has 1 aliphatic carbocycles. The SMILES string of the molecule is CCOC(=O)[C@H]1CC1c1cc(C)nc(-n2nc(C)nc2C)c1. The first-order chi connectivity index (χ1) is 10.5. The van der Waals surface area contributed by atoms with Gasteiger partial charge in [0.15, 0.2) is 5.82 Å². The van der Waals surface area contributed by atoms with E-state index in [2.05, 4.69) is 15.1 Å². The average Bonchev–Trinajstić information content (AvgIpc) is 3.18. The summed E-state index contributed by atoms with van der Waals surface area (Å²) in [5.74, 6) is 2.38. The summed E-state index contributed by atoms with van der Waals surface area (Å²) in [6.45, 7) is 7.98. The van der Waals surface area contributed by atoms with Crippen LogP contribution in [0.15, 0.2) is 12.1 Å². The maximum absolute atomic E-state index is 11.8. The standard InChI is InChI=1S/C16H20N4O2/c1-5-22-16(21)14-8-13(14)12-6-9(2)17-15(7-12)20-11(4)18-10(3)19-20/h6-7,13-14H,5,8H2,1-4H3/t13?,14-/m0/s1. The molecule has 1 unspecified atom stereocenters. The Kier molecular flexibility index (Phi) is 3.68. The molecule has 0 radical (unpaired) electrons. The summed E-state index contributed by atoms with van der Waals surface area (Å²) < 4.78 is 6.85. The molecule has 2 heterocycles. The number of hydrogen-bond donors (Lipinski definition) is 0. The minimum absolute atomic E-state index is 0.0202. The molecule has 1 fully saturated rings. The third kappa shape index (κ3) is 2.73. The fraction of sp³-hybridized carbons (Fsp3) is 0.500. The molecule has 3 rings (SSSR count). The molecule has 0 amide bonds. The lowest BCUT2D eigenvalue weighted by molar-refractivity contribution is -0.144. The Morgan fingerprint density at radius 3 is 2.73 bits per heavy atom. The molecule has 1 aliphatic rings. The van der Waals surface area contributed by atoms with Gasteiger partial charge in [0.2, 0.25) is 0 Å². The van der Waals surface area contributed by atoms with Gasteiger partial charge in [-0.1, -0.05) is 0 Å². The number of nitrogens with zero attached hydrogens (tertiary/aromatic N) is 4. The van der Waals surface area contributed by atoms with Gasteiger partial charge in [-0.25, -0.2) is 9.97 Å². The van der Waals surface area contributed by atoms with Gasteiger partial charge in [0.05, 0.1) is 12.5 Å². The van der Waals surface area contributed by atoms with Crippen LogP contribution in [-0.4, -0.2) is 32.3 Å². The molecule has 0 N–H and O–H groups in total. The van der Waals surface area contributed by atoms with Gasteiger partial charge in [-0.15, -0.1) is 5.10 Å². The summed E-state index contributed by atoms with van der Waals surface area (Å²) in [5, 5.41) is 4.38. The van der Waals surface area contributed by atoms with Gasteiger partial charge in [-0.3, -0.25) is 4.79 Å². The van der Waals surface area contributed by atoms with Crippen molar-refractivity contribution < 1.29 is 9.53 Å². The molecule has 0 saturated heterocycles. The highest BCUT2D eigenvalue weighted by Crippen LogP contribution is 2.48. The van der Waals surface area contributed by atoms with E-state index in [-0.39, 0.29) is 17.8 Å². The zero-order valence-electron chi connectivity index (χ0n) is 13.3. The second kappa shape index (κ2) is 5.51. The number of hydrogen-bond acceptors (Lipinski definition) is 5. The van der Waals surface area contributed by atoms with Crippen molar-refractivity contribution in [3.63, 3.8) is 0 Å². The van der Waals surface area contributed by atoms with E-state index in [1.165, 1.54) is 0 Å². The van der Waals surface area contributed by atoms with Crippen LogP contribution in [0.4, 0.5) is 0 Å². The quantitative estimate of drug-likeness (QED) is 0.810. The molecule has 6 nitrogen and oxygen atoms in total. The molecule has 1 saturated carbocycles. The Balaban J connectivity index is 1.89. The van der Waals surface area contributed by atoms with Gasteiger partial charge in [0.25, 0.3) is 0 Å². The lowest BCUT2D eigenvalue weighted by Gasteiger charge is -2.07. The normalized spacial score (nSPS) is 20.0. The monoisotopic (exact) mass is 300 g/mol. The van der Waals surface area contributed by atoms with Crippen molar-refractivity contribution in [1.29, 1.82) is 0 Å². The summed E-state index contributed by atoms with van der Waals surface area (Å²) >= 11 is 0. The van der Waals surface area contributed by atoms with Gasteiger partial charge in [0.1, 0.15) is 11.6 Å². The topological polar surface area (TPSA) is 69.9 Å². The first-order valence-electron chi connectivity index (χ1n) is 7.55. The number of carbonyl (C=O) groups is 1. The second-order valence-electron chi connectivity index (χ2n) is 5.72. The first kappa shape index (κ1) is 14.7. The Morgan fingerprint density at radius 2 is 2.09 bits per heavy atom. The molecule has 0 bridgehead atoms. The van der Waals surface area contributed by atoms with Crippen LogP contribution in [0.5, 0.6) is 0 Å². The number of aromatic nitrogens is 4. The van der Waals surface area contributed by atoms with Gasteiger partial charge >= 0.3 is 5.97 Å².